The molecule has 1 aromatic rings. The van der Waals surface area contributed by atoms with E-state index in [1.54, 1.807) is 17.0 Å². The normalized spacial score (nSPS) is 16.4. The van der Waals surface area contributed by atoms with Crippen LogP contribution >= 0.6 is 0 Å². The van der Waals surface area contributed by atoms with Gasteiger partial charge in [0, 0.05) is 31.7 Å². The first-order valence-electron chi connectivity index (χ1n) is 6.94. The number of anilines is 1. The average molecular weight is 327 g/mol. The number of nitrogens with one attached hydrogen (secondary N) is 1. The van der Waals surface area contributed by atoms with Crippen LogP contribution in [-0.4, -0.2) is 70.7 Å². The van der Waals surface area contributed by atoms with E-state index in [0.717, 1.165) is 19.3 Å². The van der Waals surface area contributed by atoms with Crippen LogP contribution < -0.4 is 9.46 Å². The van der Waals surface area contributed by atoms with Crippen molar-refractivity contribution in [2.24, 2.45) is 0 Å². The number of hydrogen-bond donors (Lipinski definition) is 1. The molecule has 0 radical (unpaired) electrons. The van der Waals surface area contributed by atoms with Gasteiger partial charge in [0.05, 0.1) is 19.1 Å². The number of sulfonamides is 1. The lowest BCUT2D eigenvalue weighted by Gasteiger charge is -2.32. The first kappa shape index (κ1) is 16.6. The summed E-state index contributed by atoms with van der Waals surface area (Å²) in [5.74, 6) is 0.271. The Kier molecular flexibility index (Phi) is 4.92. The Balaban J connectivity index is 2.24. The fraction of sp³-hybridized carbons (Fsp3) is 0.500. The fourth-order valence-electron chi connectivity index (χ4n) is 2.31. The predicted octanol–water partition coefficient (Wildman–Crippen LogP) is 0.454. The van der Waals surface area contributed by atoms with Crippen LogP contribution in [0.2, 0.25) is 0 Å². The molecule has 0 aromatic heterocycles. The van der Waals surface area contributed by atoms with Gasteiger partial charge in [-0.25, -0.2) is 8.42 Å². The standard InChI is InChI=1S/C14H21N3O4S/c1-16-6-8-17(9-7-16)14(18)11-4-5-13(21-2)12(10-11)15-22(3,19)20/h4-5,10,15H,6-9H2,1-3H3. The van der Waals surface area contributed by atoms with E-state index in [1.807, 2.05) is 7.05 Å². The molecule has 0 spiro atoms. The molecule has 1 fully saturated rings. The number of benzene rings is 1. The van der Waals surface area contributed by atoms with Crippen LogP contribution in [0.15, 0.2) is 18.2 Å². The third kappa shape index (κ3) is 4.11. The molecule has 8 heteroatoms. The van der Waals surface area contributed by atoms with Crippen LogP contribution in [0.1, 0.15) is 10.4 Å². The molecule has 0 bridgehead atoms. The zero-order chi connectivity index (χ0) is 16.3. The number of amides is 1. The van der Waals surface area contributed by atoms with Gasteiger partial charge in [-0.3, -0.25) is 9.52 Å². The summed E-state index contributed by atoms with van der Waals surface area (Å²) in [6, 6.07) is 4.75. The van der Waals surface area contributed by atoms with Crippen molar-refractivity contribution in [3.05, 3.63) is 23.8 Å². The molecule has 22 heavy (non-hydrogen) atoms. The van der Waals surface area contributed by atoms with Crippen molar-refractivity contribution in [2.75, 3.05) is 51.3 Å². The van der Waals surface area contributed by atoms with Crippen molar-refractivity contribution in [1.82, 2.24) is 9.80 Å². The summed E-state index contributed by atoms with van der Waals surface area (Å²) in [4.78, 5) is 16.4. The average Bonchev–Trinajstić information content (AvgIpc) is 2.45. The summed E-state index contributed by atoms with van der Waals surface area (Å²) in [6.45, 7) is 2.99. The second-order valence-electron chi connectivity index (χ2n) is 5.38. The van der Waals surface area contributed by atoms with Crippen LogP contribution in [0.4, 0.5) is 5.69 Å². The van der Waals surface area contributed by atoms with Crippen LogP contribution in [0.5, 0.6) is 5.75 Å². The molecule has 1 aromatic carbocycles. The highest BCUT2D eigenvalue weighted by atomic mass is 32.2. The van der Waals surface area contributed by atoms with Gasteiger partial charge in [0.2, 0.25) is 10.0 Å². The van der Waals surface area contributed by atoms with Crippen molar-refractivity contribution >= 4 is 21.6 Å². The molecule has 1 amide bonds. The maximum absolute atomic E-state index is 12.5. The lowest BCUT2D eigenvalue weighted by Crippen LogP contribution is -2.47. The molecule has 7 nitrogen and oxygen atoms in total. The summed E-state index contributed by atoms with van der Waals surface area (Å²) in [5, 5.41) is 0. The number of ether oxygens (including phenoxy) is 1. The molecule has 0 aliphatic carbocycles. The van der Waals surface area contributed by atoms with Gasteiger partial charge in [-0.05, 0) is 25.2 Å². The van der Waals surface area contributed by atoms with E-state index in [0.29, 0.717) is 24.4 Å². The number of carbonyl (C=O) groups excluding carboxylic acids is 1. The summed E-state index contributed by atoms with van der Waals surface area (Å²) in [7, 11) is 0.0204. The minimum absolute atomic E-state index is 0.104. The topological polar surface area (TPSA) is 79.0 Å². The van der Waals surface area contributed by atoms with E-state index in [-0.39, 0.29) is 11.6 Å². The third-order valence-corrected chi connectivity index (χ3v) is 4.12. The number of hydrogen-bond acceptors (Lipinski definition) is 5. The Morgan fingerprint density at radius 1 is 1.23 bits per heavy atom. The highest BCUT2D eigenvalue weighted by molar-refractivity contribution is 7.92. The van der Waals surface area contributed by atoms with E-state index < -0.39 is 10.0 Å². The molecule has 1 heterocycles. The van der Waals surface area contributed by atoms with Crippen LogP contribution in [0.25, 0.3) is 0 Å². The highest BCUT2D eigenvalue weighted by Gasteiger charge is 2.21. The molecule has 1 aliphatic rings. The van der Waals surface area contributed by atoms with Gasteiger partial charge in [-0.2, -0.15) is 0 Å². The Hall–Kier alpha value is -1.80. The van der Waals surface area contributed by atoms with E-state index in [2.05, 4.69) is 9.62 Å². The summed E-state index contributed by atoms with van der Waals surface area (Å²) < 4.78 is 30.3. The summed E-state index contributed by atoms with van der Waals surface area (Å²) >= 11 is 0. The number of nitrogens with zero attached hydrogens (tertiary/aromatic N) is 2. The largest absolute Gasteiger partial charge is 0.495 e. The molecule has 122 valence electrons. The minimum atomic E-state index is -3.45. The maximum Gasteiger partial charge on any atom is 0.254 e. The van der Waals surface area contributed by atoms with Gasteiger partial charge in [0.25, 0.3) is 5.91 Å². The molecule has 1 N–H and O–H groups in total. The van der Waals surface area contributed by atoms with Gasteiger partial charge < -0.3 is 14.5 Å². The highest BCUT2D eigenvalue weighted by Crippen LogP contribution is 2.27. The molecule has 0 atom stereocenters. The van der Waals surface area contributed by atoms with Crippen molar-refractivity contribution in [2.45, 2.75) is 0 Å². The maximum atomic E-state index is 12.5. The fourth-order valence-corrected chi connectivity index (χ4v) is 2.87. The smallest absolute Gasteiger partial charge is 0.254 e. The molecule has 0 unspecified atom stereocenters. The second kappa shape index (κ2) is 6.53. The lowest BCUT2D eigenvalue weighted by molar-refractivity contribution is 0.0664. The predicted molar refractivity (Wildman–Crippen MR) is 84.9 cm³/mol. The summed E-state index contributed by atoms with van der Waals surface area (Å²) in [5.41, 5.74) is 0.710. The van der Waals surface area contributed by atoms with E-state index in [9.17, 15) is 13.2 Å². The first-order valence-corrected chi connectivity index (χ1v) is 8.83. The number of methoxy groups -OCH3 is 1. The molecular formula is C14H21N3O4S. The van der Waals surface area contributed by atoms with Gasteiger partial charge in [0.15, 0.2) is 0 Å². The van der Waals surface area contributed by atoms with Crippen molar-refractivity contribution in [3.8, 4) is 5.75 Å². The Labute approximate surface area is 130 Å². The molecule has 0 saturated carbocycles. The molecule has 1 aliphatic heterocycles. The second-order valence-corrected chi connectivity index (χ2v) is 7.13. The van der Waals surface area contributed by atoms with Gasteiger partial charge >= 0.3 is 0 Å². The Bertz CT molecular complexity index is 652. The zero-order valence-corrected chi connectivity index (χ0v) is 13.8. The van der Waals surface area contributed by atoms with Gasteiger partial charge in [-0.15, -0.1) is 0 Å². The number of likely N-dealkylation sites (N-methyl/N-ethyl adjacent to an activating group) is 1. The van der Waals surface area contributed by atoms with Crippen LogP contribution in [0, 0.1) is 0 Å². The van der Waals surface area contributed by atoms with E-state index in [1.165, 1.54) is 13.2 Å². The monoisotopic (exact) mass is 327 g/mol. The number of rotatable bonds is 4. The Morgan fingerprint density at radius 3 is 2.41 bits per heavy atom. The van der Waals surface area contributed by atoms with E-state index in [4.69, 9.17) is 4.74 Å². The van der Waals surface area contributed by atoms with Crippen molar-refractivity contribution in [3.63, 3.8) is 0 Å². The minimum Gasteiger partial charge on any atom is -0.495 e. The molecular weight excluding hydrogens is 306 g/mol. The van der Waals surface area contributed by atoms with Crippen molar-refractivity contribution in [1.29, 1.82) is 0 Å². The van der Waals surface area contributed by atoms with Crippen LogP contribution in [0.3, 0.4) is 0 Å². The molecule has 2 rings (SSSR count). The number of carbonyl (C=O) groups is 1. The van der Waals surface area contributed by atoms with Gasteiger partial charge in [0.1, 0.15) is 5.75 Å². The van der Waals surface area contributed by atoms with Gasteiger partial charge in [-0.1, -0.05) is 0 Å². The SMILES string of the molecule is COc1ccc(C(=O)N2CCN(C)CC2)cc1NS(C)(=O)=O. The lowest BCUT2D eigenvalue weighted by atomic mass is 10.1. The van der Waals surface area contributed by atoms with Crippen LogP contribution in [-0.2, 0) is 10.0 Å². The first-order chi connectivity index (χ1) is 10.3. The quantitative estimate of drug-likeness (QED) is 0.869. The third-order valence-electron chi connectivity index (χ3n) is 3.53. The Morgan fingerprint density at radius 2 is 1.86 bits per heavy atom. The zero-order valence-electron chi connectivity index (χ0n) is 13.0. The summed E-state index contributed by atoms with van der Waals surface area (Å²) in [6.07, 6.45) is 1.06. The number of piperazine rings is 1. The van der Waals surface area contributed by atoms with E-state index >= 15 is 0 Å². The van der Waals surface area contributed by atoms with Crippen molar-refractivity contribution < 1.29 is 17.9 Å². The molecule has 1 saturated heterocycles.